The Bertz CT molecular complexity index is 948. The van der Waals surface area contributed by atoms with Gasteiger partial charge in [-0.25, -0.2) is 13.9 Å². The number of carbonyl (C=O) groups is 1. The molecule has 0 aliphatic carbocycles. The number of nitrogens with one attached hydrogen (secondary N) is 1. The van der Waals surface area contributed by atoms with Crippen molar-refractivity contribution in [1.82, 2.24) is 9.79 Å². The first kappa shape index (κ1) is 20.1. The third-order valence-corrected chi connectivity index (χ3v) is 7.18. The smallest absolute Gasteiger partial charge is 0.261 e. The molecule has 3 rings (SSSR count). The standard InChI is InChI=1S/C18H18Cl2N2O4S/c19-15-8-7-14(10-16(15)20)13-5-3-12(4-6-13)11-22-17(18(23)21-24)2-1-9-27(22,25)26/h3-8,10,17,24H,1-2,9,11H2,(H,21,23)/t17-/m0/s1. The number of carbonyl (C=O) groups excluding carboxylic acids is 1. The van der Waals surface area contributed by atoms with Crippen molar-refractivity contribution < 1.29 is 18.4 Å². The van der Waals surface area contributed by atoms with Crippen LogP contribution in [0.5, 0.6) is 0 Å². The predicted molar refractivity (Wildman–Crippen MR) is 104 cm³/mol. The van der Waals surface area contributed by atoms with Gasteiger partial charge in [-0.2, -0.15) is 4.31 Å². The molecule has 6 nitrogen and oxygen atoms in total. The van der Waals surface area contributed by atoms with Crippen LogP contribution in [0.3, 0.4) is 0 Å². The first-order chi connectivity index (χ1) is 12.8. The number of benzene rings is 2. The molecule has 1 atom stereocenters. The molecule has 2 aromatic carbocycles. The zero-order chi connectivity index (χ0) is 19.6. The van der Waals surface area contributed by atoms with E-state index in [4.69, 9.17) is 28.4 Å². The Balaban J connectivity index is 1.83. The van der Waals surface area contributed by atoms with Crippen LogP contribution in [-0.4, -0.2) is 35.6 Å². The van der Waals surface area contributed by atoms with Gasteiger partial charge in [0.05, 0.1) is 15.8 Å². The van der Waals surface area contributed by atoms with Gasteiger partial charge in [0.1, 0.15) is 6.04 Å². The molecule has 1 aliphatic rings. The van der Waals surface area contributed by atoms with Gasteiger partial charge in [0.2, 0.25) is 10.0 Å². The van der Waals surface area contributed by atoms with Crippen molar-refractivity contribution in [2.75, 3.05) is 5.75 Å². The molecule has 0 spiro atoms. The maximum Gasteiger partial charge on any atom is 0.261 e. The lowest BCUT2D eigenvalue weighted by molar-refractivity contribution is -0.133. The summed E-state index contributed by atoms with van der Waals surface area (Å²) in [6, 6.07) is 11.7. The molecule has 0 bridgehead atoms. The monoisotopic (exact) mass is 428 g/mol. The van der Waals surface area contributed by atoms with Gasteiger partial charge in [-0.15, -0.1) is 0 Å². The van der Waals surface area contributed by atoms with E-state index in [1.807, 2.05) is 18.2 Å². The Hall–Kier alpha value is -1.64. The summed E-state index contributed by atoms with van der Waals surface area (Å²) >= 11 is 12.0. The minimum Gasteiger partial charge on any atom is -0.289 e. The molecule has 1 amide bonds. The van der Waals surface area contributed by atoms with E-state index in [-0.39, 0.29) is 12.3 Å². The van der Waals surface area contributed by atoms with E-state index >= 15 is 0 Å². The molecule has 27 heavy (non-hydrogen) atoms. The fourth-order valence-corrected chi connectivity index (χ4v) is 5.12. The number of hydrogen-bond acceptors (Lipinski definition) is 4. The summed E-state index contributed by atoms with van der Waals surface area (Å²) in [4.78, 5) is 11.9. The number of halogens is 2. The highest BCUT2D eigenvalue weighted by atomic mass is 35.5. The van der Waals surface area contributed by atoms with E-state index in [9.17, 15) is 13.2 Å². The van der Waals surface area contributed by atoms with Gasteiger partial charge in [0.25, 0.3) is 5.91 Å². The van der Waals surface area contributed by atoms with Crippen LogP contribution in [-0.2, 0) is 21.4 Å². The summed E-state index contributed by atoms with van der Waals surface area (Å²) < 4.78 is 26.0. The second-order valence-corrected chi connectivity index (χ2v) is 9.18. The van der Waals surface area contributed by atoms with E-state index < -0.39 is 22.0 Å². The molecule has 9 heteroatoms. The Kier molecular flexibility index (Phi) is 6.08. The number of nitrogens with zero attached hydrogens (tertiary/aromatic N) is 1. The van der Waals surface area contributed by atoms with Crippen LogP contribution in [0.25, 0.3) is 11.1 Å². The molecule has 1 fully saturated rings. The maximum absolute atomic E-state index is 12.4. The first-order valence-electron chi connectivity index (χ1n) is 8.29. The highest BCUT2D eigenvalue weighted by Crippen LogP contribution is 2.29. The first-order valence-corrected chi connectivity index (χ1v) is 10.7. The van der Waals surface area contributed by atoms with Crippen LogP contribution in [0.2, 0.25) is 10.0 Å². The summed E-state index contributed by atoms with van der Waals surface area (Å²) in [6.07, 6.45) is 0.750. The van der Waals surface area contributed by atoms with Crippen molar-refractivity contribution >= 4 is 39.1 Å². The summed E-state index contributed by atoms with van der Waals surface area (Å²) in [5.74, 6) is -0.727. The number of rotatable bonds is 4. The lowest BCUT2D eigenvalue weighted by Gasteiger charge is -2.33. The Morgan fingerprint density at radius 1 is 1.11 bits per heavy atom. The molecular formula is C18H18Cl2N2O4S. The van der Waals surface area contributed by atoms with E-state index in [1.54, 1.807) is 29.7 Å². The van der Waals surface area contributed by atoms with E-state index in [2.05, 4.69) is 0 Å². The van der Waals surface area contributed by atoms with E-state index in [0.717, 1.165) is 21.0 Å². The van der Waals surface area contributed by atoms with Crippen molar-refractivity contribution in [3.05, 3.63) is 58.1 Å². The largest absolute Gasteiger partial charge is 0.289 e. The molecule has 0 aromatic heterocycles. The normalized spacial score (nSPS) is 19.6. The molecule has 1 saturated heterocycles. The molecule has 1 aliphatic heterocycles. The summed E-state index contributed by atoms with van der Waals surface area (Å²) in [5.41, 5.74) is 4.09. The van der Waals surface area contributed by atoms with E-state index in [1.165, 1.54) is 0 Å². The molecule has 0 unspecified atom stereocenters. The highest BCUT2D eigenvalue weighted by molar-refractivity contribution is 7.89. The van der Waals surface area contributed by atoms with Gasteiger partial charge in [0.15, 0.2) is 0 Å². The second-order valence-electron chi connectivity index (χ2n) is 6.32. The Morgan fingerprint density at radius 2 is 1.78 bits per heavy atom. The number of sulfonamides is 1. The Labute approximate surface area is 167 Å². The average Bonchev–Trinajstić information content (AvgIpc) is 2.65. The van der Waals surface area contributed by atoms with Crippen molar-refractivity contribution in [3.63, 3.8) is 0 Å². The average molecular weight is 429 g/mol. The molecule has 2 N–H and O–H groups in total. The summed E-state index contributed by atoms with van der Waals surface area (Å²) in [6.45, 7) is 0.0576. The Morgan fingerprint density at radius 3 is 2.41 bits per heavy atom. The topological polar surface area (TPSA) is 86.7 Å². The molecule has 144 valence electrons. The minimum atomic E-state index is -3.57. The number of hydroxylamine groups is 1. The number of amides is 1. The van der Waals surface area contributed by atoms with E-state index in [0.29, 0.717) is 22.9 Å². The maximum atomic E-state index is 12.4. The van der Waals surface area contributed by atoms with Gasteiger partial charge in [-0.05, 0) is 41.7 Å². The van der Waals surface area contributed by atoms with Gasteiger partial charge < -0.3 is 0 Å². The third kappa shape index (κ3) is 4.44. The van der Waals surface area contributed by atoms with Crippen molar-refractivity contribution in [2.45, 2.75) is 25.4 Å². The molecule has 0 radical (unpaired) electrons. The van der Waals surface area contributed by atoms with Crippen molar-refractivity contribution in [2.24, 2.45) is 0 Å². The molecule has 2 aromatic rings. The van der Waals surface area contributed by atoms with Crippen LogP contribution in [0.1, 0.15) is 18.4 Å². The minimum absolute atomic E-state index is 0.0104. The van der Waals surface area contributed by atoms with Gasteiger partial charge in [0, 0.05) is 6.54 Å². The predicted octanol–water partition coefficient (Wildman–Crippen LogP) is 3.46. The van der Waals surface area contributed by atoms with Crippen LogP contribution in [0.15, 0.2) is 42.5 Å². The highest BCUT2D eigenvalue weighted by Gasteiger charge is 2.38. The van der Waals surface area contributed by atoms with Crippen molar-refractivity contribution in [3.8, 4) is 11.1 Å². The zero-order valence-electron chi connectivity index (χ0n) is 14.2. The number of hydrogen-bond donors (Lipinski definition) is 2. The lowest BCUT2D eigenvalue weighted by Crippen LogP contribution is -2.51. The van der Waals surface area contributed by atoms with Crippen molar-refractivity contribution in [1.29, 1.82) is 0 Å². The zero-order valence-corrected chi connectivity index (χ0v) is 16.6. The van der Waals surface area contributed by atoms with Crippen LogP contribution in [0.4, 0.5) is 0 Å². The fraction of sp³-hybridized carbons (Fsp3) is 0.278. The van der Waals surface area contributed by atoms with Crippen LogP contribution >= 0.6 is 23.2 Å². The molecule has 1 heterocycles. The third-order valence-electron chi connectivity index (χ3n) is 4.54. The fourth-order valence-electron chi connectivity index (χ4n) is 3.12. The molecular weight excluding hydrogens is 411 g/mol. The summed E-state index contributed by atoms with van der Waals surface area (Å²) in [5, 5.41) is 9.83. The van der Waals surface area contributed by atoms with Crippen LogP contribution < -0.4 is 5.48 Å². The van der Waals surface area contributed by atoms with Crippen LogP contribution in [0, 0.1) is 0 Å². The second kappa shape index (κ2) is 8.16. The summed E-state index contributed by atoms with van der Waals surface area (Å²) in [7, 11) is -3.57. The molecule has 0 saturated carbocycles. The van der Waals surface area contributed by atoms with Gasteiger partial charge >= 0.3 is 0 Å². The SMILES string of the molecule is O=C(NO)[C@@H]1CCCS(=O)(=O)N1Cc1ccc(-c2ccc(Cl)c(Cl)c2)cc1. The van der Waals surface area contributed by atoms with Gasteiger partial charge in [-0.3, -0.25) is 10.0 Å². The quantitative estimate of drug-likeness (QED) is 0.576. The lowest BCUT2D eigenvalue weighted by atomic mass is 10.0. The van der Waals surface area contributed by atoms with Gasteiger partial charge in [-0.1, -0.05) is 53.5 Å².